The van der Waals surface area contributed by atoms with Crippen LogP contribution in [0.5, 0.6) is 0 Å². The molecule has 2 N–H and O–H groups in total. The number of amides is 2. The van der Waals surface area contributed by atoms with Crippen LogP contribution in [0.15, 0.2) is 53.8 Å². The number of carbonyl (C=O) groups is 2. The van der Waals surface area contributed by atoms with E-state index in [0.29, 0.717) is 28.4 Å². The Balaban J connectivity index is 1.87. The summed E-state index contributed by atoms with van der Waals surface area (Å²) in [5.41, 5.74) is 3.83. The Morgan fingerprint density at radius 1 is 1.03 bits per heavy atom. The first-order valence-corrected chi connectivity index (χ1v) is 13.4. The second kappa shape index (κ2) is 10.5. The van der Waals surface area contributed by atoms with E-state index in [0.717, 1.165) is 16.8 Å². The molecule has 0 fully saturated rings. The van der Waals surface area contributed by atoms with Crippen LogP contribution in [-0.4, -0.2) is 38.7 Å². The first-order valence-electron chi connectivity index (χ1n) is 11.9. The Morgan fingerprint density at radius 2 is 1.72 bits per heavy atom. The highest BCUT2D eigenvalue weighted by molar-refractivity contribution is 7.90. The Bertz CT molecular complexity index is 1270. The van der Waals surface area contributed by atoms with E-state index in [1.165, 1.54) is 0 Å². The highest BCUT2D eigenvalue weighted by Crippen LogP contribution is 2.30. The smallest absolute Gasteiger partial charge is 0.271 e. The normalized spacial score (nSPS) is 12.8. The quantitative estimate of drug-likeness (QED) is 0.445. The Hall–Kier alpha value is -3.10. The zero-order valence-electron chi connectivity index (χ0n) is 22.4. The largest absolute Gasteiger partial charge is 0.612 e. The van der Waals surface area contributed by atoms with Crippen LogP contribution in [0.1, 0.15) is 73.5 Å². The minimum atomic E-state index is -1.26. The molecule has 3 aromatic rings. The van der Waals surface area contributed by atoms with Crippen molar-refractivity contribution >= 4 is 28.7 Å². The van der Waals surface area contributed by atoms with Crippen LogP contribution in [0.4, 0.5) is 5.69 Å². The summed E-state index contributed by atoms with van der Waals surface area (Å²) in [6.45, 7) is 14.9. The van der Waals surface area contributed by atoms with Gasteiger partial charge in [0.2, 0.25) is 0 Å². The molecule has 0 radical (unpaired) electrons. The third kappa shape index (κ3) is 6.77. The van der Waals surface area contributed by atoms with Crippen LogP contribution in [0.3, 0.4) is 0 Å². The van der Waals surface area contributed by atoms with Gasteiger partial charge in [-0.15, -0.1) is 0 Å². The molecule has 2 amide bonds. The van der Waals surface area contributed by atoms with Gasteiger partial charge in [0, 0.05) is 18.3 Å². The molecule has 2 aromatic carbocycles. The number of nitrogens with zero attached hydrogens (tertiary/aromatic N) is 2. The molecule has 0 aliphatic carbocycles. The van der Waals surface area contributed by atoms with Crippen molar-refractivity contribution in [2.24, 2.45) is 5.41 Å². The van der Waals surface area contributed by atoms with Crippen molar-refractivity contribution in [1.29, 1.82) is 0 Å². The van der Waals surface area contributed by atoms with E-state index < -0.39 is 11.2 Å². The Labute approximate surface area is 216 Å². The average molecular weight is 509 g/mol. The SMILES string of the molecule is Cc1ccc(C(=O)Nc2cc(C(C)(C)C)ccc2[S@+](C)[O-])cc1-n1cnc(C(=O)NCC(C)(C)C)c1. The van der Waals surface area contributed by atoms with E-state index in [-0.39, 0.29) is 22.6 Å². The number of anilines is 1. The van der Waals surface area contributed by atoms with Crippen molar-refractivity contribution in [3.63, 3.8) is 0 Å². The zero-order valence-corrected chi connectivity index (χ0v) is 23.2. The van der Waals surface area contributed by atoms with Gasteiger partial charge < -0.3 is 19.8 Å². The summed E-state index contributed by atoms with van der Waals surface area (Å²) in [4.78, 5) is 30.6. The van der Waals surface area contributed by atoms with Gasteiger partial charge in [0.25, 0.3) is 11.8 Å². The van der Waals surface area contributed by atoms with Gasteiger partial charge in [0.1, 0.15) is 18.3 Å². The van der Waals surface area contributed by atoms with Crippen LogP contribution >= 0.6 is 0 Å². The van der Waals surface area contributed by atoms with Gasteiger partial charge in [-0.1, -0.05) is 53.7 Å². The standard InChI is InChI=1S/C28H36N4O3S/c1-18-9-10-19(13-23(18)32-15-22(30-17-32)26(34)29-16-27(2,3)4)25(33)31-21-14-20(28(5,6)7)11-12-24(21)36(8)35/h9-15,17H,16H2,1-8H3,(H,29,34)(H,31,33)/t36-/m0/s1. The molecule has 0 saturated heterocycles. The number of benzene rings is 2. The summed E-state index contributed by atoms with van der Waals surface area (Å²) in [7, 11) is 0. The lowest BCUT2D eigenvalue weighted by Gasteiger charge is -2.21. The van der Waals surface area contributed by atoms with E-state index >= 15 is 0 Å². The summed E-state index contributed by atoms with van der Waals surface area (Å²) >= 11 is -1.26. The van der Waals surface area contributed by atoms with E-state index in [1.807, 2.05) is 52.0 Å². The minimum Gasteiger partial charge on any atom is -0.612 e. The molecule has 0 bridgehead atoms. The number of aromatic nitrogens is 2. The molecule has 1 aromatic heterocycles. The highest BCUT2D eigenvalue weighted by Gasteiger charge is 2.21. The first-order chi connectivity index (χ1) is 16.7. The Morgan fingerprint density at radius 3 is 2.33 bits per heavy atom. The maximum Gasteiger partial charge on any atom is 0.271 e. The monoisotopic (exact) mass is 508 g/mol. The van der Waals surface area contributed by atoms with E-state index in [9.17, 15) is 14.1 Å². The maximum absolute atomic E-state index is 13.2. The predicted octanol–water partition coefficient (Wildman–Crippen LogP) is 5.24. The molecule has 36 heavy (non-hydrogen) atoms. The number of carbonyl (C=O) groups excluding carboxylic acids is 2. The third-order valence-corrected chi connectivity index (χ3v) is 6.72. The molecule has 7 nitrogen and oxygen atoms in total. The number of nitrogens with one attached hydrogen (secondary N) is 2. The van der Waals surface area contributed by atoms with Gasteiger partial charge in [0.05, 0.1) is 11.4 Å². The van der Waals surface area contributed by atoms with Crippen molar-refractivity contribution in [1.82, 2.24) is 14.9 Å². The molecular formula is C28H36N4O3S. The molecule has 0 spiro atoms. The molecule has 0 saturated carbocycles. The van der Waals surface area contributed by atoms with Crippen LogP contribution in [0.25, 0.3) is 5.69 Å². The topological polar surface area (TPSA) is 99.1 Å². The number of hydrogen-bond acceptors (Lipinski definition) is 4. The maximum atomic E-state index is 13.2. The van der Waals surface area contributed by atoms with Crippen molar-refractivity contribution < 1.29 is 14.1 Å². The Kier molecular flexibility index (Phi) is 8.00. The molecule has 1 heterocycles. The number of rotatable bonds is 6. The molecule has 0 aliphatic heterocycles. The first kappa shape index (κ1) is 27.5. The van der Waals surface area contributed by atoms with E-state index in [2.05, 4.69) is 36.4 Å². The van der Waals surface area contributed by atoms with Crippen LogP contribution in [0.2, 0.25) is 0 Å². The van der Waals surface area contributed by atoms with Gasteiger partial charge in [0.15, 0.2) is 4.90 Å². The lowest BCUT2D eigenvalue weighted by Crippen LogP contribution is -2.32. The minimum absolute atomic E-state index is 0.0346. The summed E-state index contributed by atoms with van der Waals surface area (Å²) in [5.74, 6) is -0.550. The van der Waals surface area contributed by atoms with Gasteiger partial charge >= 0.3 is 0 Å². The van der Waals surface area contributed by atoms with Gasteiger partial charge in [-0.05, 0) is 64.3 Å². The lowest BCUT2D eigenvalue weighted by atomic mass is 9.87. The number of aryl methyl sites for hydroxylation is 1. The van der Waals surface area contributed by atoms with Crippen LogP contribution in [0, 0.1) is 12.3 Å². The fourth-order valence-electron chi connectivity index (χ4n) is 3.58. The lowest BCUT2D eigenvalue weighted by molar-refractivity contribution is 0.0934. The van der Waals surface area contributed by atoms with Crippen LogP contribution < -0.4 is 10.6 Å². The van der Waals surface area contributed by atoms with Gasteiger partial charge in [-0.25, -0.2) is 4.98 Å². The van der Waals surface area contributed by atoms with Crippen molar-refractivity contribution in [2.75, 3.05) is 18.1 Å². The molecule has 3 rings (SSSR count). The fraction of sp³-hybridized carbons (Fsp3) is 0.393. The molecule has 1 atom stereocenters. The number of imidazole rings is 1. The van der Waals surface area contributed by atoms with Crippen molar-refractivity contribution in [3.8, 4) is 5.69 Å². The predicted molar refractivity (Wildman–Crippen MR) is 146 cm³/mol. The molecule has 192 valence electrons. The molecule has 0 aliphatic rings. The van der Waals surface area contributed by atoms with Crippen molar-refractivity contribution in [2.45, 2.75) is 58.8 Å². The second-order valence-corrected chi connectivity index (χ2v) is 12.6. The summed E-state index contributed by atoms with van der Waals surface area (Å²) in [6.07, 6.45) is 4.83. The van der Waals surface area contributed by atoms with Gasteiger partial charge in [-0.3, -0.25) is 9.59 Å². The highest BCUT2D eigenvalue weighted by atomic mass is 32.2. The third-order valence-electron chi connectivity index (χ3n) is 5.75. The summed E-state index contributed by atoms with van der Waals surface area (Å²) < 4.78 is 14.0. The van der Waals surface area contributed by atoms with Gasteiger partial charge in [-0.2, -0.15) is 0 Å². The van der Waals surface area contributed by atoms with E-state index in [4.69, 9.17) is 0 Å². The zero-order chi connectivity index (χ0) is 26.8. The average Bonchev–Trinajstić information content (AvgIpc) is 3.26. The molecule has 0 unspecified atom stereocenters. The second-order valence-electron chi connectivity index (χ2n) is 11.3. The van der Waals surface area contributed by atoms with Crippen molar-refractivity contribution in [3.05, 3.63) is 71.3 Å². The fourth-order valence-corrected chi connectivity index (χ4v) is 4.26. The van der Waals surface area contributed by atoms with Crippen LogP contribution in [-0.2, 0) is 16.6 Å². The summed E-state index contributed by atoms with van der Waals surface area (Å²) in [5, 5.41) is 5.85. The molecule has 8 heteroatoms. The van der Waals surface area contributed by atoms with E-state index in [1.54, 1.807) is 35.5 Å². The number of hydrogen-bond donors (Lipinski definition) is 2. The molecular weight excluding hydrogens is 472 g/mol. The summed E-state index contributed by atoms with van der Waals surface area (Å²) in [6, 6.07) is 11.0.